The number of nitrogens with one attached hydrogen (secondary N) is 1. The Morgan fingerprint density at radius 1 is 0.880 bits per heavy atom. The van der Waals surface area contributed by atoms with E-state index in [0.29, 0.717) is 12.5 Å². The molecule has 128 valence electrons. The zero-order valence-electron chi connectivity index (χ0n) is 15.0. The fourth-order valence-electron chi connectivity index (χ4n) is 2.58. The summed E-state index contributed by atoms with van der Waals surface area (Å²) in [5.41, 5.74) is 2.23. The van der Waals surface area contributed by atoms with Crippen LogP contribution in [0.3, 0.4) is 0 Å². The van der Waals surface area contributed by atoms with Crippen LogP contribution in [0.25, 0.3) is 0 Å². The summed E-state index contributed by atoms with van der Waals surface area (Å²) < 4.78 is 0. The van der Waals surface area contributed by atoms with E-state index in [-0.39, 0.29) is 5.54 Å². The predicted octanol–water partition coefficient (Wildman–Crippen LogP) is 5.03. The highest BCUT2D eigenvalue weighted by molar-refractivity contribution is 5.58. The van der Waals surface area contributed by atoms with Crippen LogP contribution in [0.4, 0.5) is 17.5 Å². The van der Waals surface area contributed by atoms with E-state index < -0.39 is 0 Å². The van der Waals surface area contributed by atoms with Gasteiger partial charge in [0.1, 0.15) is 5.82 Å². The van der Waals surface area contributed by atoms with Crippen LogP contribution in [0, 0.1) is 0 Å². The van der Waals surface area contributed by atoms with Crippen LogP contribution in [0.5, 0.6) is 0 Å². The van der Waals surface area contributed by atoms with Crippen molar-refractivity contribution in [2.45, 2.75) is 32.9 Å². The third-order valence-corrected chi connectivity index (χ3v) is 3.64. The van der Waals surface area contributed by atoms with Crippen LogP contribution in [-0.4, -0.2) is 15.5 Å². The first-order valence-corrected chi connectivity index (χ1v) is 8.49. The van der Waals surface area contributed by atoms with Gasteiger partial charge in [-0.3, -0.25) is 0 Å². The SMILES string of the molecule is CC(C)(C)Nc1ccnc(N(Cc2ccccc2)c2ccccc2)n1. The number of para-hydroxylation sites is 1. The summed E-state index contributed by atoms with van der Waals surface area (Å²) >= 11 is 0. The van der Waals surface area contributed by atoms with Gasteiger partial charge < -0.3 is 10.2 Å². The molecule has 3 rings (SSSR count). The molecular formula is C21H24N4. The molecule has 25 heavy (non-hydrogen) atoms. The third kappa shape index (κ3) is 4.80. The average Bonchev–Trinajstić information content (AvgIpc) is 2.60. The number of hydrogen-bond donors (Lipinski definition) is 1. The minimum absolute atomic E-state index is 0.0529. The predicted molar refractivity (Wildman–Crippen MR) is 104 cm³/mol. The minimum atomic E-state index is -0.0529. The van der Waals surface area contributed by atoms with E-state index in [1.807, 2.05) is 30.3 Å². The third-order valence-electron chi connectivity index (χ3n) is 3.64. The normalized spacial score (nSPS) is 11.2. The molecule has 0 unspecified atom stereocenters. The summed E-state index contributed by atoms with van der Waals surface area (Å²) in [7, 11) is 0. The second kappa shape index (κ2) is 7.34. The lowest BCUT2D eigenvalue weighted by Crippen LogP contribution is -2.27. The maximum Gasteiger partial charge on any atom is 0.232 e. The molecule has 0 aliphatic carbocycles. The van der Waals surface area contributed by atoms with E-state index in [9.17, 15) is 0 Å². The lowest BCUT2D eigenvalue weighted by Gasteiger charge is -2.25. The van der Waals surface area contributed by atoms with Gasteiger partial charge in [0, 0.05) is 17.4 Å². The van der Waals surface area contributed by atoms with Gasteiger partial charge in [-0.1, -0.05) is 48.5 Å². The van der Waals surface area contributed by atoms with Crippen molar-refractivity contribution >= 4 is 17.5 Å². The van der Waals surface area contributed by atoms with Crippen molar-refractivity contribution in [2.75, 3.05) is 10.2 Å². The molecular weight excluding hydrogens is 308 g/mol. The quantitative estimate of drug-likeness (QED) is 0.712. The molecule has 0 radical (unpaired) electrons. The minimum Gasteiger partial charge on any atom is -0.365 e. The van der Waals surface area contributed by atoms with Crippen LogP contribution in [-0.2, 0) is 6.54 Å². The molecule has 0 aliphatic rings. The molecule has 1 N–H and O–H groups in total. The summed E-state index contributed by atoms with van der Waals surface area (Å²) in [6.45, 7) is 7.07. The van der Waals surface area contributed by atoms with Crippen molar-refractivity contribution in [3.05, 3.63) is 78.5 Å². The molecule has 1 aromatic heterocycles. The number of aromatic nitrogens is 2. The molecule has 4 nitrogen and oxygen atoms in total. The highest BCUT2D eigenvalue weighted by Crippen LogP contribution is 2.25. The molecule has 3 aromatic rings. The first kappa shape index (κ1) is 17.0. The molecule has 0 amide bonds. The van der Waals surface area contributed by atoms with Crippen LogP contribution in [0.15, 0.2) is 72.9 Å². The Hall–Kier alpha value is -2.88. The fourth-order valence-corrected chi connectivity index (χ4v) is 2.58. The zero-order valence-corrected chi connectivity index (χ0v) is 15.0. The van der Waals surface area contributed by atoms with Crippen LogP contribution in [0.2, 0.25) is 0 Å². The second-order valence-corrected chi connectivity index (χ2v) is 7.02. The monoisotopic (exact) mass is 332 g/mol. The standard InChI is InChI=1S/C21H24N4/c1-21(2,3)24-19-14-15-22-20(23-19)25(18-12-8-5-9-13-18)16-17-10-6-4-7-11-17/h4-15H,16H2,1-3H3,(H,22,23,24). The molecule has 2 aromatic carbocycles. The number of nitrogens with zero attached hydrogens (tertiary/aromatic N) is 3. The van der Waals surface area contributed by atoms with Gasteiger partial charge in [-0.2, -0.15) is 4.98 Å². The van der Waals surface area contributed by atoms with Crippen molar-refractivity contribution in [2.24, 2.45) is 0 Å². The van der Waals surface area contributed by atoms with Crippen LogP contribution < -0.4 is 10.2 Å². The molecule has 0 saturated carbocycles. The molecule has 0 saturated heterocycles. The number of anilines is 3. The summed E-state index contributed by atoms with van der Waals surface area (Å²) in [6.07, 6.45) is 1.80. The Morgan fingerprint density at radius 3 is 2.16 bits per heavy atom. The maximum atomic E-state index is 4.73. The number of rotatable bonds is 5. The summed E-state index contributed by atoms with van der Waals surface area (Å²) in [4.78, 5) is 11.4. The Labute approximate surface area is 149 Å². The Kier molecular flexibility index (Phi) is 4.98. The molecule has 0 spiro atoms. The van der Waals surface area contributed by atoms with Gasteiger partial charge >= 0.3 is 0 Å². The highest BCUT2D eigenvalue weighted by atomic mass is 15.3. The van der Waals surface area contributed by atoms with Gasteiger partial charge in [0.05, 0.1) is 6.54 Å². The summed E-state index contributed by atoms with van der Waals surface area (Å²) in [6, 6.07) is 22.5. The summed E-state index contributed by atoms with van der Waals surface area (Å²) in [5.74, 6) is 1.51. The van der Waals surface area contributed by atoms with Gasteiger partial charge in [0.25, 0.3) is 0 Å². The van der Waals surface area contributed by atoms with E-state index in [2.05, 4.69) is 72.4 Å². The topological polar surface area (TPSA) is 41.1 Å². The number of hydrogen-bond acceptors (Lipinski definition) is 4. The Balaban J connectivity index is 1.96. The van der Waals surface area contributed by atoms with E-state index >= 15 is 0 Å². The van der Waals surface area contributed by atoms with E-state index in [0.717, 1.165) is 11.5 Å². The second-order valence-electron chi connectivity index (χ2n) is 7.02. The van der Waals surface area contributed by atoms with Crippen molar-refractivity contribution in [1.82, 2.24) is 9.97 Å². The van der Waals surface area contributed by atoms with Crippen molar-refractivity contribution in [3.63, 3.8) is 0 Å². The summed E-state index contributed by atoms with van der Waals surface area (Å²) in [5, 5.41) is 3.41. The largest absolute Gasteiger partial charge is 0.365 e. The molecule has 0 fully saturated rings. The van der Waals surface area contributed by atoms with Crippen molar-refractivity contribution < 1.29 is 0 Å². The van der Waals surface area contributed by atoms with Gasteiger partial charge in [-0.05, 0) is 44.5 Å². The van der Waals surface area contributed by atoms with E-state index in [1.165, 1.54) is 5.56 Å². The average molecular weight is 332 g/mol. The number of benzene rings is 2. The lowest BCUT2D eigenvalue weighted by atomic mass is 10.1. The first-order chi connectivity index (χ1) is 12.0. The van der Waals surface area contributed by atoms with Gasteiger partial charge in [-0.15, -0.1) is 0 Å². The van der Waals surface area contributed by atoms with E-state index in [4.69, 9.17) is 4.98 Å². The zero-order chi connectivity index (χ0) is 17.7. The van der Waals surface area contributed by atoms with Gasteiger partial charge in [-0.25, -0.2) is 4.98 Å². The Morgan fingerprint density at radius 2 is 1.52 bits per heavy atom. The van der Waals surface area contributed by atoms with Crippen LogP contribution in [0.1, 0.15) is 26.3 Å². The van der Waals surface area contributed by atoms with Gasteiger partial charge in [0.15, 0.2) is 0 Å². The molecule has 1 heterocycles. The highest BCUT2D eigenvalue weighted by Gasteiger charge is 2.15. The first-order valence-electron chi connectivity index (χ1n) is 8.49. The van der Waals surface area contributed by atoms with Gasteiger partial charge in [0.2, 0.25) is 5.95 Å². The molecule has 0 bridgehead atoms. The van der Waals surface area contributed by atoms with Crippen molar-refractivity contribution in [1.29, 1.82) is 0 Å². The smallest absolute Gasteiger partial charge is 0.232 e. The lowest BCUT2D eigenvalue weighted by molar-refractivity contribution is 0.630. The molecule has 4 heteroatoms. The van der Waals surface area contributed by atoms with E-state index in [1.54, 1.807) is 6.20 Å². The van der Waals surface area contributed by atoms with Crippen molar-refractivity contribution in [3.8, 4) is 0 Å². The van der Waals surface area contributed by atoms with Crippen LogP contribution >= 0.6 is 0 Å². The fraction of sp³-hybridized carbons (Fsp3) is 0.238. The maximum absolute atomic E-state index is 4.73. The molecule has 0 aliphatic heterocycles. The Bertz CT molecular complexity index is 795. The molecule has 0 atom stereocenters.